The molecule has 0 spiro atoms. The number of fused-ring (bicyclic) bond motifs is 5. The van der Waals surface area contributed by atoms with E-state index in [0.717, 1.165) is 33.9 Å². The zero-order valence-corrected chi connectivity index (χ0v) is 39.6. The molecule has 0 bridgehead atoms. The summed E-state index contributed by atoms with van der Waals surface area (Å²) < 4.78 is 0. The third kappa shape index (κ3) is 8.01. The summed E-state index contributed by atoms with van der Waals surface area (Å²) in [6.45, 7) is 0. The fraction of sp³-hybridized carbons (Fsp3) is 0. The van der Waals surface area contributed by atoms with Crippen LogP contribution in [0.15, 0.2) is 279 Å². The van der Waals surface area contributed by atoms with Gasteiger partial charge in [0, 0.05) is 44.3 Å². The van der Waals surface area contributed by atoms with Crippen molar-refractivity contribution in [2.24, 2.45) is 0 Å². The molecule has 0 aromatic heterocycles. The SMILES string of the molecule is C(=Cc1ccc2cc(N(c3ccc(-c4ccccc4)cc3)c3c4ccccc4cc4ccccc34)ccc2c1)c1ccc(N(c2ccc(-c3ccccc3)cc2)c2c3ccccc3cc3ccccc23)cc1. The van der Waals surface area contributed by atoms with Crippen molar-refractivity contribution in [2.75, 3.05) is 9.80 Å². The molecule has 0 heterocycles. The number of nitrogens with zero attached hydrogens (tertiary/aromatic N) is 2. The zero-order chi connectivity index (χ0) is 47.8. The molecule has 338 valence electrons. The van der Waals surface area contributed by atoms with Gasteiger partial charge in [0.2, 0.25) is 0 Å². The van der Waals surface area contributed by atoms with Crippen LogP contribution in [0, 0.1) is 0 Å². The predicted octanol–water partition coefficient (Wildman–Crippen LogP) is 19.9. The molecule has 0 saturated heterocycles. The first kappa shape index (κ1) is 42.6. The summed E-state index contributed by atoms with van der Waals surface area (Å²) in [5, 5.41) is 12.1. The highest BCUT2D eigenvalue weighted by atomic mass is 15.2. The molecular weight excluding hydrogens is 869 g/mol. The number of hydrogen-bond donors (Lipinski definition) is 0. The highest BCUT2D eigenvalue weighted by Crippen LogP contribution is 2.46. The van der Waals surface area contributed by atoms with Gasteiger partial charge in [-0.2, -0.15) is 0 Å². The van der Waals surface area contributed by atoms with Gasteiger partial charge in [0.05, 0.1) is 11.4 Å². The third-order valence-electron chi connectivity index (χ3n) is 14.1. The number of rotatable bonds is 10. The van der Waals surface area contributed by atoms with Gasteiger partial charge < -0.3 is 9.80 Å². The molecule has 0 radical (unpaired) electrons. The number of benzene rings is 13. The van der Waals surface area contributed by atoms with E-state index in [1.54, 1.807) is 0 Å². The van der Waals surface area contributed by atoms with Crippen LogP contribution in [-0.2, 0) is 0 Å². The molecule has 2 nitrogen and oxygen atoms in total. The Morgan fingerprint density at radius 3 is 0.986 bits per heavy atom. The molecule has 0 fully saturated rings. The van der Waals surface area contributed by atoms with Crippen molar-refractivity contribution >= 4 is 100 Å². The van der Waals surface area contributed by atoms with Gasteiger partial charge in [0.1, 0.15) is 0 Å². The maximum absolute atomic E-state index is 2.44. The molecule has 0 aliphatic heterocycles. The number of hydrogen-bond acceptors (Lipinski definition) is 2. The van der Waals surface area contributed by atoms with Gasteiger partial charge >= 0.3 is 0 Å². The van der Waals surface area contributed by atoms with Crippen molar-refractivity contribution in [3.63, 3.8) is 0 Å². The third-order valence-corrected chi connectivity index (χ3v) is 14.1. The van der Waals surface area contributed by atoms with Crippen LogP contribution >= 0.6 is 0 Å². The molecule has 0 amide bonds. The summed E-state index contributed by atoms with van der Waals surface area (Å²) >= 11 is 0. The van der Waals surface area contributed by atoms with Crippen LogP contribution in [0.1, 0.15) is 11.1 Å². The van der Waals surface area contributed by atoms with Gasteiger partial charge in [0.25, 0.3) is 0 Å². The van der Waals surface area contributed by atoms with Crippen LogP contribution in [0.4, 0.5) is 34.1 Å². The first-order chi connectivity index (χ1) is 35.7. The molecule has 0 saturated carbocycles. The zero-order valence-electron chi connectivity index (χ0n) is 39.6. The highest BCUT2D eigenvalue weighted by Gasteiger charge is 2.21. The lowest BCUT2D eigenvalue weighted by Crippen LogP contribution is -2.11. The lowest BCUT2D eigenvalue weighted by molar-refractivity contribution is 1.31. The maximum Gasteiger partial charge on any atom is 0.0618 e. The lowest BCUT2D eigenvalue weighted by atomic mass is 9.98. The predicted molar refractivity (Wildman–Crippen MR) is 310 cm³/mol. The summed E-state index contributed by atoms with van der Waals surface area (Å²) in [4.78, 5) is 4.87. The molecule has 13 aromatic carbocycles. The first-order valence-electron chi connectivity index (χ1n) is 24.7. The van der Waals surface area contributed by atoms with E-state index < -0.39 is 0 Å². The lowest BCUT2D eigenvalue weighted by Gasteiger charge is -2.29. The molecule has 2 heteroatoms. The van der Waals surface area contributed by atoms with Crippen LogP contribution in [0.3, 0.4) is 0 Å². The normalized spacial score (nSPS) is 11.6. The van der Waals surface area contributed by atoms with Crippen LogP contribution in [0.2, 0.25) is 0 Å². The Balaban J connectivity index is 0.847. The maximum atomic E-state index is 2.44. The average Bonchev–Trinajstić information content (AvgIpc) is 3.45. The Bertz CT molecular complexity index is 4010. The smallest absolute Gasteiger partial charge is 0.0618 e. The van der Waals surface area contributed by atoms with Crippen LogP contribution in [-0.4, -0.2) is 0 Å². The van der Waals surface area contributed by atoms with E-state index in [9.17, 15) is 0 Å². The van der Waals surface area contributed by atoms with Crippen molar-refractivity contribution in [3.05, 3.63) is 290 Å². The molecule has 0 atom stereocenters. The second kappa shape index (κ2) is 18.4. The number of anilines is 6. The average molecular weight is 917 g/mol. The second-order valence-corrected chi connectivity index (χ2v) is 18.5. The topological polar surface area (TPSA) is 6.48 Å². The van der Waals surface area contributed by atoms with Crippen molar-refractivity contribution in [1.82, 2.24) is 0 Å². The fourth-order valence-corrected chi connectivity index (χ4v) is 10.6. The molecule has 72 heavy (non-hydrogen) atoms. The van der Waals surface area contributed by atoms with Crippen molar-refractivity contribution < 1.29 is 0 Å². The summed E-state index contributed by atoms with van der Waals surface area (Å²) in [7, 11) is 0. The van der Waals surface area contributed by atoms with E-state index in [0.29, 0.717) is 0 Å². The van der Waals surface area contributed by atoms with E-state index in [1.807, 2.05) is 0 Å². The Kier molecular flexibility index (Phi) is 10.9. The Morgan fingerprint density at radius 2 is 0.528 bits per heavy atom. The summed E-state index contributed by atoms with van der Waals surface area (Å²) in [5.74, 6) is 0. The first-order valence-corrected chi connectivity index (χ1v) is 24.7. The molecule has 0 aliphatic carbocycles. The van der Waals surface area contributed by atoms with E-state index in [1.165, 1.54) is 87.5 Å². The minimum atomic E-state index is 1.10. The summed E-state index contributed by atoms with van der Waals surface area (Å²) in [6.07, 6.45) is 4.45. The van der Waals surface area contributed by atoms with Crippen LogP contribution < -0.4 is 9.80 Å². The van der Waals surface area contributed by atoms with E-state index in [4.69, 9.17) is 0 Å². The van der Waals surface area contributed by atoms with Crippen molar-refractivity contribution in [2.45, 2.75) is 0 Å². The van der Waals surface area contributed by atoms with Crippen molar-refractivity contribution in [3.8, 4) is 22.3 Å². The van der Waals surface area contributed by atoms with E-state index in [2.05, 4.69) is 301 Å². The molecule has 0 unspecified atom stereocenters. The van der Waals surface area contributed by atoms with E-state index in [-0.39, 0.29) is 0 Å². The summed E-state index contributed by atoms with van der Waals surface area (Å²) in [6, 6.07) is 101. The standard InChI is InChI=1S/C70H48N2/c1-3-15-51(16-4-1)53-33-40-62(41-34-53)71(69-65-23-11-7-19-57(65)46-58-20-8-12-24-66(58)69)61-38-30-49(31-39-61)27-28-50-29-32-56-48-64(44-37-55(56)45-50)72(63-42-35-54(36-43-63)52-17-5-2-6-18-52)70-67-25-13-9-21-59(67)47-60-22-10-14-26-68(60)70/h1-48H. The van der Waals surface area contributed by atoms with E-state index >= 15 is 0 Å². The Labute approximate surface area is 420 Å². The van der Waals surface area contributed by atoms with Crippen molar-refractivity contribution in [1.29, 1.82) is 0 Å². The molecule has 13 rings (SSSR count). The summed E-state index contributed by atoms with van der Waals surface area (Å²) in [5.41, 5.74) is 13.8. The quantitative estimate of drug-likeness (QED) is 0.0996. The van der Waals surface area contributed by atoms with Gasteiger partial charge in [-0.25, -0.2) is 0 Å². The highest BCUT2D eigenvalue weighted by molar-refractivity contribution is 6.16. The fourth-order valence-electron chi connectivity index (χ4n) is 10.6. The Hall–Kier alpha value is -9.50. The molecular formula is C70H48N2. The second-order valence-electron chi connectivity index (χ2n) is 18.5. The molecule has 13 aromatic rings. The van der Waals surface area contributed by atoms with Crippen LogP contribution in [0.25, 0.3) is 88.3 Å². The van der Waals surface area contributed by atoms with Gasteiger partial charge in [-0.3, -0.25) is 0 Å². The monoisotopic (exact) mass is 916 g/mol. The van der Waals surface area contributed by atoms with Gasteiger partial charge in [-0.1, -0.05) is 224 Å². The minimum absolute atomic E-state index is 1.10. The van der Waals surface area contributed by atoms with Crippen LogP contribution in [0.5, 0.6) is 0 Å². The van der Waals surface area contributed by atoms with Gasteiger partial charge in [0.15, 0.2) is 0 Å². The largest absolute Gasteiger partial charge is 0.309 e. The van der Waals surface area contributed by atoms with Gasteiger partial charge in [-0.15, -0.1) is 0 Å². The molecule has 0 aliphatic rings. The molecule has 0 N–H and O–H groups in total. The van der Waals surface area contributed by atoms with Gasteiger partial charge in [-0.05, 0) is 132 Å². The Morgan fingerprint density at radius 1 is 0.208 bits per heavy atom. The minimum Gasteiger partial charge on any atom is -0.309 e.